The molecule has 0 unspecified atom stereocenters. The standard InChI is InChI=1S/C21H23N5O/c1-25(20-18-7-8-22-19(18)23-13-24-20)17-9-15-11-26(12-16(15)10-17)21(27)14-5-3-2-4-6-14/h2-8,13,15-17H,9-12H2,1H3,(H,22,23,24)/t15-,16+,17-. The summed E-state index contributed by atoms with van der Waals surface area (Å²) in [5.74, 6) is 2.31. The van der Waals surface area contributed by atoms with E-state index < -0.39 is 0 Å². The Hall–Kier alpha value is -2.89. The molecule has 1 aromatic carbocycles. The summed E-state index contributed by atoms with van der Waals surface area (Å²) >= 11 is 0. The third-order valence-electron chi connectivity index (χ3n) is 6.25. The van der Waals surface area contributed by atoms with E-state index in [0.29, 0.717) is 17.9 Å². The van der Waals surface area contributed by atoms with Crippen molar-refractivity contribution in [3.8, 4) is 0 Å². The second kappa shape index (κ2) is 6.37. The molecule has 27 heavy (non-hydrogen) atoms. The highest BCUT2D eigenvalue weighted by molar-refractivity contribution is 5.94. The average molecular weight is 361 g/mol. The SMILES string of the molecule is CN(c1ncnc2[nH]ccc12)[C@@H]1C[C@@H]2CN(C(=O)c3ccccc3)C[C@@H]2C1. The van der Waals surface area contributed by atoms with Crippen LogP contribution in [0.2, 0.25) is 0 Å². The van der Waals surface area contributed by atoms with E-state index in [1.807, 2.05) is 47.5 Å². The molecular weight excluding hydrogens is 338 g/mol. The van der Waals surface area contributed by atoms with Crippen LogP contribution in [0.5, 0.6) is 0 Å². The molecule has 1 aliphatic carbocycles. The normalized spacial score (nSPS) is 24.3. The molecule has 5 rings (SSSR count). The first kappa shape index (κ1) is 16.3. The molecule has 3 atom stereocenters. The van der Waals surface area contributed by atoms with Gasteiger partial charge in [-0.2, -0.15) is 0 Å². The monoisotopic (exact) mass is 361 g/mol. The summed E-state index contributed by atoms with van der Waals surface area (Å²) < 4.78 is 0. The molecular formula is C21H23N5O. The Morgan fingerprint density at radius 2 is 1.85 bits per heavy atom. The molecule has 1 amide bonds. The molecule has 6 nitrogen and oxygen atoms in total. The van der Waals surface area contributed by atoms with Crippen LogP contribution >= 0.6 is 0 Å². The Morgan fingerprint density at radius 1 is 1.11 bits per heavy atom. The van der Waals surface area contributed by atoms with Crippen molar-refractivity contribution in [2.24, 2.45) is 11.8 Å². The van der Waals surface area contributed by atoms with Gasteiger partial charge in [-0.05, 0) is 42.9 Å². The van der Waals surface area contributed by atoms with Crippen LogP contribution in [0.4, 0.5) is 5.82 Å². The van der Waals surface area contributed by atoms with Crippen LogP contribution in [0, 0.1) is 11.8 Å². The third-order valence-corrected chi connectivity index (χ3v) is 6.25. The first-order chi connectivity index (χ1) is 13.2. The largest absolute Gasteiger partial charge is 0.356 e. The summed E-state index contributed by atoms with van der Waals surface area (Å²) in [6.07, 6.45) is 5.75. The number of hydrogen-bond acceptors (Lipinski definition) is 4. The number of carbonyl (C=O) groups is 1. The Bertz CT molecular complexity index is 955. The van der Waals surface area contributed by atoms with Crippen molar-refractivity contribution in [2.45, 2.75) is 18.9 Å². The van der Waals surface area contributed by atoms with Gasteiger partial charge in [0.2, 0.25) is 0 Å². The van der Waals surface area contributed by atoms with Crippen LogP contribution < -0.4 is 4.90 Å². The summed E-state index contributed by atoms with van der Waals surface area (Å²) in [6.45, 7) is 1.73. The van der Waals surface area contributed by atoms with E-state index in [-0.39, 0.29) is 5.91 Å². The van der Waals surface area contributed by atoms with E-state index in [9.17, 15) is 4.79 Å². The van der Waals surface area contributed by atoms with Gasteiger partial charge in [0.15, 0.2) is 0 Å². The summed E-state index contributed by atoms with van der Waals surface area (Å²) in [7, 11) is 2.13. The lowest BCUT2D eigenvalue weighted by Crippen LogP contribution is -2.34. The maximum absolute atomic E-state index is 12.7. The van der Waals surface area contributed by atoms with Gasteiger partial charge in [-0.15, -0.1) is 0 Å². The molecule has 0 spiro atoms. The highest BCUT2D eigenvalue weighted by atomic mass is 16.2. The van der Waals surface area contributed by atoms with Crippen molar-refractivity contribution in [3.63, 3.8) is 0 Å². The van der Waals surface area contributed by atoms with Crippen LogP contribution in [-0.2, 0) is 0 Å². The maximum Gasteiger partial charge on any atom is 0.253 e. The van der Waals surface area contributed by atoms with Crippen LogP contribution in [0.25, 0.3) is 11.0 Å². The third kappa shape index (κ3) is 2.76. The fourth-order valence-electron chi connectivity index (χ4n) is 4.83. The Morgan fingerprint density at radius 3 is 2.59 bits per heavy atom. The van der Waals surface area contributed by atoms with Crippen LogP contribution in [0.3, 0.4) is 0 Å². The fourth-order valence-corrected chi connectivity index (χ4v) is 4.83. The number of H-pyrrole nitrogens is 1. The van der Waals surface area contributed by atoms with Gasteiger partial charge in [-0.1, -0.05) is 18.2 Å². The van der Waals surface area contributed by atoms with Crippen molar-refractivity contribution < 1.29 is 4.79 Å². The summed E-state index contributed by atoms with van der Waals surface area (Å²) in [5.41, 5.74) is 1.67. The highest BCUT2D eigenvalue weighted by Crippen LogP contribution is 2.41. The molecule has 6 heteroatoms. The first-order valence-electron chi connectivity index (χ1n) is 9.56. The molecule has 3 heterocycles. The molecule has 0 radical (unpaired) electrons. The van der Waals surface area contributed by atoms with E-state index in [1.54, 1.807) is 6.33 Å². The van der Waals surface area contributed by atoms with Gasteiger partial charge in [-0.3, -0.25) is 4.79 Å². The molecule has 0 bridgehead atoms. The Balaban J connectivity index is 1.28. The smallest absolute Gasteiger partial charge is 0.253 e. The van der Waals surface area contributed by atoms with Gasteiger partial charge >= 0.3 is 0 Å². The van der Waals surface area contributed by atoms with Crippen molar-refractivity contribution in [3.05, 3.63) is 54.5 Å². The zero-order valence-electron chi connectivity index (χ0n) is 15.4. The van der Waals surface area contributed by atoms with E-state index in [1.165, 1.54) is 0 Å². The molecule has 1 saturated heterocycles. The Kier molecular flexibility index (Phi) is 3.85. The topological polar surface area (TPSA) is 65.1 Å². The quantitative estimate of drug-likeness (QED) is 0.779. The molecule has 2 aliphatic rings. The lowest BCUT2D eigenvalue weighted by atomic mass is 10.0. The maximum atomic E-state index is 12.7. The number of fused-ring (bicyclic) bond motifs is 2. The van der Waals surface area contributed by atoms with E-state index >= 15 is 0 Å². The summed E-state index contributed by atoms with van der Waals surface area (Å²) in [6, 6.07) is 12.1. The highest BCUT2D eigenvalue weighted by Gasteiger charge is 2.43. The van der Waals surface area contributed by atoms with Gasteiger partial charge < -0.3 is 14.8 Å². The molecule has 1 N–H and O–H groups in total. The number of benzene rings is 1. The number of rotatable bonds is 3. The van der Waals surface area contributed by atoms with Crippen molar-refractivity contribution in [1.82, 2.24) is 19.9 Å². The number of hydrogen-bond donors (Lipinski definition) is 1. The molecule has 2 fully saturated rings. The van der Waals surface area contributed by atoms with Gasteiger partial charge in [0.25, 0.3) is 5.91 Å². The van der Waals surface area contributed by atoms with E-state index in [4.69, 9.17) is 0 Å². The molecule has 2 aromatic heterocycles. The van der Waals surface area contributed by atoms with Gasteiger partial charge in [0.05, 0.1) is 5.39 Å². The average Bonchev–Trinajstić information content (AvgIpc) is 3.41. The number of amides is 1. The van der Waals surface area contributed by atoms with Crippen molar-refractivity contribution in [1.29, 1.82) is 0 Å². The van der Waals surface area contributed by atoms with E-state index in [2.05, 4.69) is 26.9 Å². The molecule has 3 aromatic rings. The van der Waals surface area contributed by atoms with Crippen molar-refractivity contribution in [2.75, 3.05) is 25.0 Å². The number of aromatic amines is 1. The zero-order valence-corrected chi connectivity index (χ0v) is 15.4. The fraction of sp³-hybridized carbons (Fsp3) is 0.381. The minimum Gasteiger partial charge on any atom is -0.356 e. The minimum atomic E-state index is 0.166. The van der Waals surface area contributed by atoms with E-state index in [0.717, 1.165) is 48.3 Å². The predicted molar refractivity (Wildman–Crippen MR) is 105 cm³/mol. The summed E-state index contributed by atoms with van der Waals surface area (Å²) in [4.78, 5) is 29.0. The van der Waals surface area contributed by atoms with Crippen LogP contribution in [0.1, 0.15) is 23.2 Å². The summed E-state index contributed by atoms with van der Waals surface area (Å²) in [5, 5.41) is 1.07. The first-order valence-corrected chi connectivity index (χ1v) is 9.56. The van der Waals surface area contributed by atoms with Gasteiger partial charge in [0, 0.05) is 37.9 Å². The number of aromatic nitrogens is 3. The van der Waals surface area contributed by atoms with Crippen LogP contribution in [-0.4, -0.2) is 51.9 Å². The number of carbonyl (C=O) groups excluding carboxylic acids is 1. The lowest BCUT2D eigenvalue weighted by molar-refractivity contribution is 0.0779. The minimum absolute atomic E-state index is 0.166. The van der Waals surface area contributed by atoms with Gasteiger partial charge in [-0.25, -0.2) is 9.97 Å². The number of anilines is 1. The number of likely N-dealkylation sites (tertiary alicyclic amines) is 1. The number of nitrogens with one attached hydrogen (secondary N) is 1. The Labute approximate surface area is 158 Å². The number of nitrogens with zero attached hydrogens (tertiary/aromatic N) is 4. The van der Waals surface area contributed by atoms with Crippen LogP contribution in [0.15, 0.2) is 48.9 Å². The molecule has 1 aliphatic heterocycles. The van der Waals surface area contributed by atoms with Crippen molar-refractivity contribution >= 4 is 22.8 Å². The second-order valence-corrected chi connectivity index (χ2v) is 7.77. The lowest BCUT2D eigenvalue weighted by Gasteiger charge is -2.28. The van der Waals surface area contributed by atoms with Gasteiger partial charge in [0.1, 0.15) is 17.8 Å². The second-order valence-electron chi connectivity index (χ2n) is 7.77. The molecule has 138 valence electrons. The molecule has 1 saturated carbocycles. The zero-order chi connectivity index (χ0) is 18.4. The predicted octanol–water partition coefficient (Wildman–Crippen LogP) is 2.94.